The molecule has 0 saturated carbocycles. The summed E-state index contributed by atoms with van der Waals surface area (Å²) in [5.41, 5.74) is 0.592. The summed E-state index contributed by atoms with van der Waals surface area (Å²) in [6.45, 7) is 5.23. The first-order valence-corrected chi connectivity index (χ1v) is 5.27. The summed E-state index contributed by atoms with van der Waals surface area (Å²) < 4.78 is 1.15. The summed E-state index contributed by atoms with van der Waals surface area (Å²) in [4.78, 5) is 21.0. The minimum Gasteiger partial charge on any atom is -0.481 e. The van der Waals surface area contributed by atoms with Crippen LogP contribution in [0.2, 0.25) is 0 Å². The molecule has 7 nitrogen and oxygen atoms in total. The maximum Gasteiger partial charge on any atom is 0.345 e. The fourth-order valence-electron chi connectivity index (χ4n) is 1.33. The minimum absolute atomic E-state index is 0.00162. The first-order valence-electron chi connectivity index (χ1n) is 5.27. The Hall–Kier alpha value is -1.92. The average molecular weight is 241 g/mol. The Bertz CT molecular complexity index is 439. The smallest absolute Gasteiger partial charge is 0.345 e. The number of rotatable bonds is 5. The minimum atomic E-state index is -0.999. The quantitative estimate of drug-likeness (QED) is 0.624. The van der Waals surface area contributed by atoms with E-state index in [0.29, 0.717) is 5.69 Å². The van der Waals surface area contributed by atoms with Gasteiger partial charge in [0.25, 0.3) is 0 Å². The highest BCUT2D eigenvalue weighted by Crippen LogP contribution is 2.20. The number of nitro groups is 1. The molecular formula is C10H15N3O4. The zero-order chi connectivity index (χ0) is 13.2. The van der Waals surface area contributed by atoms with Crippen LogP contribution in [0.25, 0.3) is 0 Å². The number of carbonyl (C=O) groups is 1. The van der Waals surface area contributed by atoms with Crippen LogP contribution >= 0.6 is 0 Å². The lowest BCUT2D eigenvalue weighted by Gasteiger charge is -2.03. The van der Waals surface area contributed by atoms with Crippen LogP contribution in [-0.4, -0.2) is 25.8 Å². The molecule has 0 aliphatic rings. The van der Waals surface area contributed by atoms with E-state index in [4.69, 9.17) is 5.11 Å². The van der Waals surface area contributed by atoms with Crippen molar-refractivity contribution in [3.05, 3.63) is 21.9 Å². The average Bonchev–Trinajstić information content (AvgIpc) is 2.61. The van der Waals surface area contributed by atoms with E-state index in [1.807, 2.05) is 13.8 Å². The Kier molecular flexibility index (Phi) is 3.82. The molecule has 0 amide bonds. The van der Waals surface area contributed by atoms with Crippen LogP contribution in [0.5, 0.6) is 0 Å². The van der Waals surface area contributed by atoms with E-state index < -0.39 is 16.8 Å². The van der Waals surface area contributed by atoms with Crippen LogP contribution in [0, 0.1) is 16.0 Å². The normalized spacial score (nSPS) is 12.7. The number of hydrogen-bond acceptors (Lipinski definition) is 4. The van der Waals surface area contributed by atoms with Crippen LogP contribution in [0.1, 0.15) is 32.4 Å². The zero-order valence-corrected chi connectivity index (χ0v) is 9.95. The predicted octanol–water partition coefficient (Wildman–Crippen LogP) is 1.64. The highest BCUT2D eigenvalue weighted by atomic mass is 16.6. The molecule has 1 N–H and O–H groups in total. The second-order valence-corrected chi connectivity index (χ2v) is 4.26. The molecule has 1 aromatic rings. The molecule has 7 heteroatoms. The molecule has 0 radical (unpaired) electrons. The Balaban J connectivity index is 3.04. The summed E-state index contributed by atoms with van der Waals surface area (Å²) in [5, 5.41) is 23.6. The first-order chi connectivity index (χ1) is 7.82. The van der Waals surface area contributed by atoms with E-state index in [9.17, 15) is 14.9 Å². The van der Waals surface area contributed by atoms with Crippen LogP contribution in [0.15, 0.2) is 6.07 Å². The van der Waals surface area contributed by atoms with E-state index in [-0.39, 0.29) is 18.3 Å². The van der Waals surface area contributed by atoms with Crippen LogP contribution in [0.4, 0.5) is 5.82 Å². The third-order valence-electron chi connectivity index (χ3n) is 2.42. The van der Waals surface area contributed by atoms with Crippen LogP contribution in [-0.2, 0) is 11.3 Å². The maximum atomic E-state index is 10.8. The Labute approximate surface area is 98.2 Å². The lowest BCUT2D eigenvalue weighted by atomic mass is 10.1. The number of nitrogens with zero attached hydrogens (tertiary/aromatic N) is 3. The van der Waals surface area contributed by atoms with Gasteiger partial charge in [-0.2, -0.15) is 0 Å². The molecule has 0 spiro atoms. The molecule has 1 rings (SSSR count). The highest BCUT2D eigenvalue weighted by Gasteiger charge is 2.24. The van der Waals surface area contributed by atoms with Crippen molar-refractivity contribution in [2.24, 2.45) is 5.92 Å². The number of carboxylic acids is 1. The zero-order valence-electron chi connectivity index (χ0n) is 9.95. The molecular weight excluding hydrogens is 226 g/mol. The molecule has 1 aromatic heterocycles. The van der Waals surface area contributed by atoms with Crippen molar-refractivity contribution in [3.63, 3.8) is 0 Å². The molecule has 0 aliphatic carbocycles. The fourth-order valence-corrected chi connectivity index (χ4v) is 1.33. The Morgan fingerprint density at radius 2 is 2.18 bits per heavy atom. The van der Waals surface area contributed by atoms with Gasteiger partial charge in [0.2, 0.25) is 0 Å². The second-order valence-electron chi connectivity index (χ2n) is 4.26. The van der Waals surface area contributed by atoms with Gasteiger partial charge < -0.3 is 15.2 Å². The topological polar surface area (TPSA) is 98.3 Å². The summed E-state index contributed by atoms with van der Waals surface area (Å²) in [5.74, 6) is -1.81. The van der Waals surface area contributed by atoms with Gasteiger partial charge >= 0.3 is 11.8 Å². The fraction of sp³-hybridized carbons (Fsp3) is 0.600. The van der Waals surface area contributed by atoms with Crippen molar-refractivity contribution in [2.45, 2.75) is 33.2 Å². The molecule has 0 aromatic carbocycles. The van der Waals surface area contributed by atoms with E-state index >= 15 is 0 Å². The Morgan fingerprint density at radius 1 is 1.59 bits per heavy atom. The van der Waals surface area contributed by atoms with Crippen molar-refractivity contribution in [3.8, 4) is 0 Å². The van der Waals surface area contributed by atoms with Gasteiger partial charge in [-0.15, -0.1) is 4.68 Å². The van der Waals surface area contributed by atoms with E-state index in [1.165, 1.54) is 13.0 Å². The lowest BCUT2D eigenvalue weighted by Crippen LogP contribution is -2.18. The van der Waals surface area contributed by atoms with Gasteiger partial charge in [0.1, 0.15) is 6.54 Å². The Morgan fingerprint density at radius 3 is 2.59 bits per heavy atom. The lowest BCUT2D eigenvalue weighted by molar-refractivity contribution is -0.392. The van der Waals surface area contributed by atoms with Crippen molar-refractivity contribution in [1.29, 1.82) is 0 Å². The van der Waals surface area contributed by atoms with Crippen molar-refractivity contribution >= 4 is 11.8 Å². The summed E-state index contributed by atoms with van der Waals surface area (Å²) in [7, 11) is 0. The molecule has 1 unspecified atom stereocenters. The number of aromatic nitrogens is 2. The molecule has 0 fully saturated rings. The van der Waals surface area contributed by atoms with Gasteiger partial charge in [0, 0.05) is 0 Å². The number of hydrogen-bond donors (Lipinski definition) is 1. The molecule has 0 saturated heterocycles. The van der Waals surface area contributed by atoms with Gasteiger partial charge in [-0.25, -0.2) is 0 Å². The predicted molar refractivity (Wildman–Crippen MR) is 59.8 cm³/mol. The van der Waals surface area contributed by atoms with Gasteiger partial charge in [-0.3, -0.25) is 4.79 Å². The summed E-state index contributed by atoms with van der Waals surface area (Å²) in [6.07, 6.45) is 0. The van der Waals surface area contributed by atoms with Crippen LogP contribution in [0.3, 0.4) is 0 Å². The second kappa shape index (κ2) is 4.94. The number of aliphatic carboxylic acids is 1. The van der Waals surface area contributed by atoms with Crippen LogP contribution < -0.4 is 0 Å². The SMILES string of the molecule is CC(Cn1nc(C(C)C)cc1[N+](=O)[O-])C(=O)O. The standard InChI is InChI=1S/C10H15N3O4/c1-6(2)8-4-9(13(16)17)12(11-8)5-7(3)10(14)15/h4,6-7H,5H2,1-3H3,(H,14,15). The maximum absolute atomic E-state index is 10.8. The molecule has 1 heterocycles. The largest absolute Gasteiger partial charge is 0.481 e. The molecule has 1 atom stereocenters. The highest BCUT2D eigenvalue weighted by molar-refractivity contribution is 5.69. The number of carboxylic acid groups (broad SMARTS) is 1. The van der Waals surface area contributed by atoms with Gasteiger partial charge in [0.05, 0.1) is 17.7 Å². The summed E-state index contributed by atoms with van der Waals surface area (Å²) in [6, 6.07) is 1.39. The van der Waals surface area contributed by atoms with Gasteiger partial charge in [-0.1, -0.05) is 18.9 Å². The third-order valence-corrected chi connectivity index (χ3v) is 2.42. The molecule has 0 aliphatic heterocycles. The van der Waals surface area contributed by atoms with E-state index in [2.05, 4.69) is 5.10 Å². The molecule has 94 valence electrons. The van der Waals surface area contributed by atoms with Crippen molar-refractivity contribution in [2.75, 3.05) is 0 Å². The first kappa shape index (κ1) is 13.1. The summed E-state index contributed by atoms with van der Waals surface area (Å²) >= 11 is 0. The third kappa shape index (κ3) is 3.02. The van der Waals surface area contributed by atoms with E-state index in [1.54, 1.807) is 0 Å². The monoisotopic (exact) mass is 241 g/mol. The van der Waals surface area contributed by atoms with Crippen molar-refractivity contribution < 1.29 is 14.8 Å². The molecule has 0 bridgehead atoms. The van der Waals surface area contributed by atoms with Gasteiger partial charge in [-0.05, 0) is 17.8 Å². The molecule has 17 heavy (non-hydrogen) atoms. The van der Waals surface area contributed by atoms with E-state index in [0.717, 1.165) is 4.68 Å². The van der Waals surface area contributed by atoms with Crippen molar-refractivity contribution in [1.82, 2.24) is 9.78 Å². The van der Waals surface area contributed by atoms with Gasteiger partial charge in [0.15, 0.2) is 0 Å².